The van der Waals surface area contributed by atoms with Crippen LogP contribution in [-0.2, 0) is 17.9 Å². The Bertz CT molecular complexity index is 746. The van der Waals surface area contributed by atoms with Crippen molar-refractivity contribution >= 4 is 11.7 Å². The van der Waals surface area contributed by atoms with Gasteiger partial charge < -0.3 is 15.0 Å². The van der Waals surface area contributed by atoms with Gasteiger partial charge in [-0.15, -0.1) is 13.2 Å². The zero-order valence-corrected chi connectivity index (χ0v) is 13.9. The number of amides is 1. The van der Waals surface area contributed by atoms with Gasteiger partial charge in [0, 0.05) is 26.1 Å². The largest absolute Gasteiger partial charge is 0.573 e. The maximum Gasteiger partial charge on any atom is 0.573 e. The number of hydrogen-bond acceptors (Lipinski definition) is 4. The number of rotatable bonds is 6. The van der Waals surface area contributed by atoms with Crippen molar-refractivity contribution in [3.05, 3.63) is 53.7 Å². The zero-order valence-electron chi connectivity index (χ0n) is 13.9. The normalized spacial score (nSPS) is 14.6. The number of anilines is 1. The van der Waals surface area contributed by atoms with Crippen molar-refractivity contribution in [1.29, 1.82) is 0 Å². The van der Waals surface area contributed by atoms with E-state index in [9.17, 15) is 18.0 Å². The van der Waals surface area contributed by atoms with Gasteiger partial charge in [-0.2, -0.15) is 0 Å². The summed E-state index contributed by atoms with van der Waals surface area (Å²) in [6.07, 6.45) is -2.16. The SMILES string of the molecule is O=C1CCCN1Cc1ccc(CNc2ccc(OC(F)(F)F)cn2)cc1. The molecular formula is C18H18F3N3O2. The van der Waals surface area contributed by atoms with E-state index >= 15 is 0 Å². The molecule has 0 bridgehead atoms. The van der Waals surface area contributed by atoms with Crippen LogP contribution in [-0.4, -0.2) is 28.7 Å². The summed E-state index contributed by atoms with van der Waals surface area (Å²) < 4.78 is 40.1. The van der Waals surface area contributed by atoms with Crippen LogP contribution in [0.3, 0.4) is 0 Å². The first-order valence-electron chi connectivity index (χ1n) is 8.20. The fourth-order valence-electron chi connectivity index (χ4n) is 2.73. The van der Waals surface area contributed by atoms with E-state index in [1.807, 2.05) is 29.2 Å². The Kier molecular flexibility index (Phi) is 5.29. The number of ether oxygens (including phenoxy) is 1. The molecule has 1 aromatic heterocycles. The summed E-state index contributed by atoms with van der Waals surface area (Å²) in [6.45, 7) is 1.91. The van der Waals surface area contributed by atoms with Crippen molar-refractivity contribution in [2.45, 2.75) is 32.3 Å². The summed E-state index contributed by atoms with van der Waals surface area (Å²) in [4.78, 5) is 17.4. The Morgan fingerprint density at radius 3 is 2.42 bits per heavy atom. The average molecular weight is 365 g/mol. The Morgan fingerprint density at radius 2 is 1.85 bits per heavy atom. The first kappa shape index (κ1) is 18.0. The number of halogens is 3. The molecule has 1 aromatic carbocycles. The molecule has 1 N–H and O–H groups in total. The third-order valence-electron chi connectivity index (χ3n) is 4.01. The van der Waals surface area contributed by atoms with E-state index in [1.165, 1.54) is 12.1 Å². The summed E-state index contributed by atoms with van der Waals surface area (Å²) in [5, 5.41) is 3.04. The minimum absolute atomic E-state index is 0.194. The lowest BCUT2D eigenvalue weighted by Crippen LogP contribution is -2.23. The van der Waals surface area contributed by atoms with Crippen LogP contribution in [0.4, 0.5) is 19.0 Å². The molecule has 8 heteroatoms. The van der Waals surface area contributed by atoms with Crippen LogP contribution in [0.5, 0.6) is 5.75 Å². The Labute approximate surface area is 148 Å². The molecule has 138 valence electrons. The molecule has 2 heterocycles. The van der Waals surface area contributed by atoms with Gasteiger partial charge in [0.25, 0.3) is 0 Å². The maximum absolute atomic E-state index is 12.1. The number of carbonyl (C=O) groups is 1. The number of benzene rings is 1. The van der Waals surface area contributed by atoms with Crippen LogP contribution in [0.2, 0.25) is 0 Å². The second kappa shape index (κ2) is 7.63. The highest BCUT2D eigenvalue weighted by Gasteiger charge is 2.31. The molecule has 5 nitrogen and oxygen atoms in total. The molecule has 0 saturated carbocycles. The lowest BCUT2D eigenvalue weighted by Gasteiger charge is -2.15. The van der Waals surface area contributed by atoms with Gasteiger partial charge in [0.05, 0.1) is 6.20 Å². The number of hydrogen-bond donors (Lipinski definition) is 1. The molecule has 1 aliphatic rings. The minimum atomic E-state index is -4.72. The predicted molar refractivity (Wildman–Crippen MR) is 89.3 cm³/mol. The first-order chi connectivity index (χ1) is 12.4. The second-order valence-electron chi connectivity index (χ2n) is 6.02. The fraction of sp³-hybridized carbons (Fsp3) is 0.333. The summed E-state index contributed by atoms with van der Waals surface area (Å²) in [7, 11) is 0. The highest BCUT2D eigenvalue weighted by atomic mass is 19.4. The van der Waals surface area contributed by atoms with Crippen molar-refractivity contribution in [1.82, 2.24) is 9.88 Å². The highest BCUT2D eigenvalue weighted by molar-refractivity contribution is 5.78. The number of pyridine rings is 1. The Hall–Kier alpha value is -2.77. The topological polar surface area (TPSA) is 54.5 Å². The maximum atomic E-state index is 12.1. The lowest BCUT2D eigenvalue weighted by molar-refractivity contribution is -0.274. The standard InChI is InChI=1S/C18H18F3N3O2/c19-18(20,21)26-15-7-8-16(23-11-15)22-10-13-3-5-14(6-4-13)12-24-9-1-2-17(24)25/h3-8,11H,1-2,9-10,12H2,(H,22,23). The summed E-state index contributed by atoms with van der Waals surface area (Å²) in [6, 6.07) is 10.5. The van der Waals surface area contributed by atoms with Gasteiger partial charge in [-0.1, -0.05) is 24.3 Å². The summed E-state index contributed by atoms with van der Waals surface area (Å²) in [5.74, 6) is 0.287. The van der Waals surface area contributed by atoms with Crippen LogP contribution < -0.4 is 10.1 Å². The number of nitrogens with one attached hydrogen (secondary N) is 1. The average Bonchev–Trinajstić information content (AvgIpc) is 2.99. The molecule has 1 fully saturated rings. The van der Waals surface area contributed by atoms with Crippen molar-refractivity contribution in [2.75, 3.05) is 11.9 Å². The molecular weight excluding hydrogens is 347 g/mol. The predicted octanol–water partition coefficient (Wildman–Crippen LogP) is 3.71. The van der Waals surface area contributed by atoms with Crippen LogP contribution in [0.25, 0.3) is 0 Å². The molecule has 26 heavy (non-hydrogen) atoms. The van der Waals surface area contributed by atoms with Crippen LogP contribution >= 0.6 is 0 Å². The van der Waals surface area contributed by atoms with Crippen molar-refractivity contribution in [3.63, 3.8) is 0 Å². The van der Waals surface area contributed by atoms with E-state index in [0.717, 1.165) is 30.3 Å². The lowest BCUT2D eigenvalue weighted by atomic mass is 10.1. The van der Waals surface area contributed by atoms with Crippen LogP contribution in [0, 0.1) is 0 Å². The Balaban J connectivity index is 1.50. The quantitative estimate of drug-likeness (QED) is 0.848. The number of aromatic nitrogens is 1. The van der Waals surface area contributed by atoms with Crippen LogP contribution in [0.1, 0.15) is 24.0 Å². The molecule has 1 amide bonds. The molecule has 2 aromatic rings. The monoisotopic (exact) mass is 365 g/mol. The molecule has 1 saturated heterocycles. The molecule has 0 atom stereocenters. The van der Waals surface area contributed by atoms with Crippen molar-refractivity contribution in [3.8, 4) is 5.75 Å². The molecule has 1 aliphatic heterocycles. The van der Waals surface area contributed by atoms with Gasteiger partial charge in [-0.3, -0.25) is 4.79 Å². The van der Waals surface area contributed by atoms with Gasteiger partial charge in [0.15, 0.2) is 0 Å². The van der Waals surface area contributed by atoms with Crippen molar-refractivity contribution in [2.24, 2.45) is 0 Å². The van der Waals surface area contributed by atoms with E-state index in [-0.39, 0.29) is 11.7 Å². The van der Waals surface area contributed by atoms with Gasteiger partial charge in [-0.05, 0) is 29.7 Å². The molecule has 0 radical (unpaired) electrons. The molecule has 3 rings (SSSR count). The van der Waals surface area contributed by atoms with Gasteiger partial charge >= 0.3 is 6.36 Å². The summed E-state index contributed by atoms with van der Waals surface area (Å²) >= 11 is 0. The third-order valence-corrected chi connectivity index (χ3v) is 4.01. The first-order valence-corrected chi connectivity index (χ1v) is 8.20. The highest BCUT2D eigenvalue weighted by Crippen LogP contribution is 2.22. The fourth-order valence-corrected chi connectivity index (χ4v) is 2.73. The molecule has 0 unspecified atom stereocenters. The zero-order chi connectivity index (χ0) is 18.6. The van der Waals surface area contributed by atoms with E-state index in [0.29, 0.717) is 25.3 Å². The van der Waals surface area contributed by atoms with Crippen molar-refractivity contribution < 1.29 is 22.7 Å². The number of nitrogens with zero attached hydrogens (tertiary/aromatic N) is 2. The third kappa shape index (κ3) is 5.11. The second-order valence-corrected chi connectivity index (χ2v) is 6.02. The van der Waals surface area contributed by atoms with E-state index in [2.05, 4.69) is 15.0 Å². The number of alkyl halides is 3. The molecule has 0 spiro atoms. The molecule has 0 aliphatic carbocycles. The Morgan fingerprint density at radius 1 is 1.12 bits per heavy atom. The van der Waals surface area contributed by atoms with Crippen LogP contribution in [0.15, 0.2) is 42.6 Å². The minimum Gasteiger partial charge on any atom is -0.404 e. The summed E-state index contributed by atoms with van der Waals surface area (Å²) in [5.41, 5.74) is 2.06. The van der Waals surface area contributed by atoms with E-state index in [1.54, 1.807) is 0 Å². The van der Waals surface area contributed by atoms with E-state index < -0.39 is 6.36 Å². The van der Waals surface area contributed by atoms with Gasteiger partial charge in [0.2, 0.25) is 5.91 Å². The number of likely N-dealkylation sites (tertiary alicyclic amines) is 1. The van der Waals surface area contributed by atoms with Gasteiger partial charge in [0.1, 0.15) is 11.6 Å². The smallest absolute Gasteiger partial charge is 0.404 e. The van der Waals surface area contributed by atoms with E-state index in [4.69, 9.17) is 0 Å². The van der Waals surface area contributed by atoms with Gasteiger partial charge in [-0.25, -0.2) is 4.98 Å². The number of carbonyl (C=O) groups excluding carboxylic acids is 1.